The molecule has 0 aliphatic carbocycles. The highest BCUT2D eigenvalue weighted by atomic mass is 32.1. The molecule has 2 aromatic rings. The summed E-state index contributed by atoms with van der Waals surface area (Å²) in [4.78, 5) is 7.73. The number of aromatic amines is 1. The summed E-state index contributed by atoms with van der Waals surface area (Å²) in [5, 5.41) is 3.27. The summed E-state index contributed by atoms with van der Waals surface area (Å²) in [6.45, 7) is 5.09. The molecule has 0 fully saturated rings. The first-order valence-corrected chi connectivity index (χ1v) is 6.31. The van der Waals surface area contributed by atoms with Gasteiger partial charge in [-0.1, -0.05) is 13.8 Å². The smallest absolute Gasteiger partial charge is 0.0989 e. The van der Waals surface area contributed by atoms with Crippen molar-refractivity contribution >= 4 is 11.3 Å². The maximum Gasteiger partial charge on any atom is 0.0989 e. The van der Waals surface area contributed by atoms with Crippen molar-refractivity contribution in [1.82, 2.24) is 9.97 Å². The maximum atomic E-state index is 5.63. The largest absolute Gasteiger partial charge is 0.367 e. The van der Waals surface area contributed by atoms with E-state index in [4.69, 9.17) is 5.73 Å². The van der Waals surface area contributed by atoms with Gasteiger partial charge in [0, 0.05) is 28.8 Å². The zero-order valence-corrected chi connectivity index (χ0v) is 10.5. The quantitative estimate of drug-likeness (QED) is 0.856. The predicted octanol–water partition coefficient (Wildman–Crippen LogP) is 2.76. The van der Waals surface area contributed by atoms with Gasteiger partial charge in [-0.2, -0.15) is 0 Å². The van der Waals surface area contributed by atoms with Crippen LogP contribution >= 0.6 is 11.3 Å². The predicted molar refractivity (Wildman–Crippen MR) is 68.6 cm³/mol. The summed E-state index contributed by atoms with van der Waals surface area (Å²) >= 11 is 1.71. The lowest BCUT2D eigenvalue weighted by atomic mass is 9.90. The molecule has 2 heterocycles. The summed E-state index contributed by atoms with van der Waals surface area (Å²) in [7, 11) is 0. The minimum absolute atomic E-state index is 0.0774. The molecule has 0 radical (unpaired) electrons. The second-order valence-corrected chi connectivity index (χ2v) is 5.42. The molecule has 4 heteroatoms. The number of thiazole rings is 1. The average molecular weight is 235 g/mol. The number of hydrogen-bond donors (Lipinski definition) is 2. The minimum atomic E-state index is 0.0774. The summed E-state index contributed by atoms with van der Waals surface area (Å²) in [6.07, 6.45) is 4.85. The zero-order chi connectivity index (χ0) is 11.6. The first-order valence-electron chi connectivity index (χ1n) is 5.43. The zero-order valence-electron chi connectivity index (χ0n) is 9.66. The van der Waals surface area contributed by atoms with Gasteiger partial charge in [-0.15, -0.1) is 11.3 Å². The highest BCUT2D eigenvalue weighted by molar-refractivity contribution is 7.10. The average Bonchev–Trinajstić information content (AvgIpc) is 2.89. The lowest BCUT2D eigenvalue weighted by Crippen LogP contribution is -2.21. The Morgan fingerprint density at radius 2 is 2.31 bits per heavy atom. The van der Waals surface area contributed by atoms with Crippen molar-refractivity contribution in [3.8, 4) is 11.3 Å². The molecule has 3 nitrogen and oxygen atoms in total. The van der Waals surface area contributed by atoms with Crippen LogP contribution in [0.2, 0.25) is 0 Å². The number of H-pyrrole nitrogens is 1. The molecule has 16 heavy (non-hydrogen) atoms. The molecule has 0 saturated carbocycles. The minimum Gasteiger partial charge on any atom is -0.367 e. The number of rotatable bonds is 4. The fourth-order valence-corrected chi connectivity index (χ4v) is 2.65. The molecule has 0 atom stereocenters. The van der Waals surface area contributed by atoms with E-state index in [1.54, 1.807) is 11.3 Å². The van der Waals surface area contributed by atoms with Gasteiger partial charge in [0.1, 0.15) is 0 Å². The van der Waals surface area contributed by atoms with Crippen molar-refractivity contribution in [2.75, 3.05) is 6.54 Å². The van der Waals surface area contributed by atoms with Crippen LogP contribution < -0.4 is 5.73 Å². The van der Waals surface area contributed by atoms with Crippen molar-refractivity contribution in [3.05, 3.63) is 28.8 Å². The molecule has 0 spiro atoms. The van der Waals surface area contributed by atoms with Crippen molar-refractivity contribution in [2.45, 2.75) is 25.7 Å². The fourth-order valence-electron chi connectivity index (χ4n) is 1.67. The van der Waals surface area contributed by atoms with Crippen LogP contribution in [0.25, 0.3) is 11.3 Å². The van der Waals surface area contributed by atoms with E-state index < -0.39 is 0 Å². The van der Waals surface area contributed by atoms with E-state index in [1.807, 2.05) is 18.5 Å². The van der Waals surface area contributed by atoms with Gasteiger partial charge in [-0.3, -0.25) is 0 Å². The van der Waals surface area contributed by atoms with Crippen LogP contribution in [-0.4, -0.2) is 16.5 Å². The third-order valence-electron chi connectivity index (χ3n) is 2.75. The van der Waals surface area contributed by atoms with E-state index in [1.165, 1.54) is 0 Å². The van der Waals surface area contributed by atoms with Crippen molar-refractivity contribution in [1.29, 1.82) is 0 Å². The molecule has 86 valence electrons. The second-order valence-electron chi connectivity index (χ2n) is 4.56. The highest BCUT2D eigenvalue weighted by Gasteiger charge is 2.23. The maximum absolute atomic E-state index is 5.63. The van der Waals surface area contributed by atoms with Gasteiger partial charge in [0.15, 0.2) is 0 Å². The molecule has 0 amide bonds. The molecule has 3 N–H and O–H groups in total. The van der Waals surface area contributed by atoms with Crippen LogP contribution in [0.5, 0.6) is 0 Å². The Balaban J connectivity index is 2.26. The lowest BCUT2D eigenvalue weighted by Gasteiger charge is -2.20. The standard InChI is InChI=1S/C12H17N3S/c1-12(2,4-5-13)11-15-10(8-16-11)9-3-6-14-7-9/h3,6-8,14H,4-5,13H2,1-2H3. The van der Waals surface area contributed by atoms with Crippen LogP contribution in [-0.2, 0) is 5.41 Å². The van der Waals surface area contributed by atoms with Crippen LogP contribution in [0, 0.1) is 0 Å². The summed E-state index contributed by atoms with van der Waals surface area (Å²) < 4.78 is 0. The molecule has 0 bridgehead atoms. The SMILES string of the molecule is CC(C)(CCN)c1nc(-c2cc[nH]c2)cs1. The van der Waals surface area contributed by atoms with E-state index in [-0.39, 0.29) is 5.41 Å². The van der Waals surface area contributed by atoms with Crippen molar-refractivity contribution in [3.63, 3.8) is 0 Å². The molecule has 0 saturated heterocycles. The Kier molecular flexibility index (Phi) is 3.12. The molecular weight excluding hydrogens is 218 g/mol. The Morgan fingerprint density at radius 3 is 2.94 bits per heavy atom. The Morgan fingerprint density at radius 1 is 1.50 bits per heavy atom. The Hall–Kier alpha value is -1.13. The molecule has 0 aromatic carbocycles. The molecule has 0 unspecified atom stereocenters. The van der Waals surface area contributed by atoms with E-state index >= 15 is 0 Å². The fraction of sp³-hybridized carbons (Fsp3) is 0.417. The third-order valence-corrected chi connectivity index (χ3v) is 3.95. The monoisotopic (exact) mass is 235 g/mol. The lowest BCUT2D eigenvalue weighted by molar-refractivity contribution is 0.485. The van der Waals surface area contributed by atoms with Gasteiger partial charge in [0.2, 0.25) is 0 Å². The van der Waals surface area contributed by atoms with Crippen LogP contribution in [0.4, 0.5) is 0 Å². The van der Waals surface area contributed by atoms with E-state index in [0.29, 0.717) is 6.54 Å². The van der Waals surface area contributed by atoms with Crippen LogP contribution in [0.3, 0.4) is 0 Å². The summed E-state index contributed by atoms with van der Waals surface area (Å²) in [6, 6.07) is 2.04. The van der Waals surface area contributed by atoms with Gasteiger partial charge in [0.05, 0.1) is 10.7 Å². The molecular formula is C12H17N3S. The Bertz CT molecular complexity index is 443. The summed E-state index contributed by atoms with van der Waals surface area (Å²) in [5.74, 6) is 0. The normalized spacial score (nSPS) is 11.9. The number of hydrogen-bond acceptors (Lipinski definition) is 3. The van der Waals surface area contributed by atoms with Crippen molar-refractivity contribution < 1.29 is 0 Å². The Labute approximate surface area is 99.7 Å². The van der Waals surface area contributed by atoms with E-state index in [9.17, 15) is 0 Å². The van der Waals surface area contributed by atoms with Gasteiger partial charge in [-0.25, -0.2) is 4.98 Å². The van der Waals surface area contributed by atoms with Crippen molar-refractivity contribution in [2.24, 2.45) is 5.73 Å². The van der Waals surface area contributed by atoms with Gasteiger partial charge in [-0.05, 0) is 19.0 Å². The highest BCUT2D eigenvalue weighted by Crippen LogP contribution is 2.32. The second kappa shape index (κ2) is 4.39. The van der Waals surface area contributed by atoms with E-state index in [0.717, 1.165) is 22.7 Å². The molecule has 0 aliphatic heterocycles. The molecule has 0 aliphatic rings. The first kappa shape index (κ1) is 11.4. The van der Waals surface area contributed by atoms with Gasteiger partial charge in [0.25, 0.3) is 0 Å². The molecule has 2 aromatic heterocycles. The van der Waals surface area contributed by atoms with Crippen LogP contribution in [0.15, 0.2) is 23.8 Å². The van der Waals surface area contributed by atoms with Gasteiger partial charge < -0.3 is 10.7 Å². The first-order chi connectivity index (χ1) is 7.63. The van der Waals surface area contributed by atoms with Crippen LogP contribution in [0.1, 0.15) is 25.3 Å². The van der Waals surface area contributed by atoms with Gasteiger partial charge >= 0.3 is 0 Å². The third kappa shape index (κ3) is 2.18. The number of nitrogens with zero attached hydrogens (tertiary/aromatic N) is 1. The number of nitrogens with two attached hydrogens (primary N) is 1. The topological polar surface area (TPSA) is 54.7 Å². The molecule has 2 rings (SSSR count). The van der Waals surface area contributed by atoms with E-state index in [2.05, 4.69) is 29.2 Å². The number of nitrogens with one attached hydrogen (secondary N) is 1. The summed E-state index contributed by atoms with van der Waals surface area (Å²) in [5.41, 5.74) is 7.89. The number of aromatic nitrogens is 2.